The van der Waals surface area contributed by atoms with Crippen molar-refractivity contribution in [2.45, 2.75) is 37.1 Å². The highest BCUT2D eigenvalue weighted by Gasteiger charge is 2.34. The molecule has 0 fully saturated rings. The van der Waals surface area contributed by atoms with Crippen LogP contribution in [0.15, 0.2) is 60.7 Å². The van der Waals surface area contributed by atoms with Crippen LogP contribution < -0.4 is 0 Å². The van der Waals surface area contributed by atoms with Gasteiger partial charge in [-0.15, -0.1) is 0 Å². The maximum Gasteiger partial charge on any atom is 0.0848 e. The molecule has 0 amide bonds. The van der Waals surface area contributed by atoms with E-state index in [1.54, 1.807) is 0 Å². The first-order chi connectivity index (χ1) is 12.6. The van der Waals surface area contributed by atoms with Crippen LogP contribution in [0.2, 0.25) is 0 Å². The van der Waals surface area contributed by atoms with E-state index in [0.29, 0.717) is 5.06 Å². The first-order valence-corrected chi connectivity index (χ1v) is 8.69. The van der Waals surface area contributed by atoms with Gasteiger partial charge in [-0.25, -0.2) is 0 Å². The number of rotatable bonds is 10. The normalized spacial score (nSPS) is 16.2. The van der Waals surface area contributed by atoms with Gasteiger partial charge in [0.15, 0.2) is 0 Å². The first kappa shape index (κ1) is 20.5. The zero-order valence-electron chi connectivity index (χ0n) is 14.6. The Hall–Kier alpha value is -1.80. The van der Waals surface area contributed by atoms with Crippen LogP contribution in [0.3, 0.4) is 0 Å². The minimum absolute atomic E-state index is 0.232. The van der Waals surface area contributed by atoms with Gasteiger partial charge in [0.25, 0.3) is 0 Å². The predicted molar refractivity (Wildman–Crippen MR) is 97.7 cm³/mol. The zero-order valence-corrected chi connectivity index (χ0v) is 14.6. The van der Waals surface area contributed by atoms with E-state index >= 15 is 0 Å². The molecule has 0 heterocycles. The van der Waals surface area contributed by atoms with E-state index in [4.69, 9.17) is 0 Å². The lowest BCUT2D eigenvalue weighted by molar-refractivity contribution is -0.218. The van der Waals surface area contributed by atoms with Crippen molar-refractivity contribution in [3.8, 4) is 0 Å². The third-order valence-electron chi connectivity index (χ3n) is 4.52. The fourth-order valence-corrected chi connectivity index (χ4v) is 2.99. The molecule has 4 atom stereocenters. The van der Waals surface area contributed by atoms with Crippen molar-refractivity contribution >= 4 is 0 Å². The number of aliphatic hydroxyl groups is 4. The summed E-state index contributed by atoms with van der Waals surface area (Å²) in [4.78, 5) is 0. The summed E-state index contributed by atoms with van der Waals surface area (Å²) in [5, 5.41) is 51.3. The minimum Gasteiger partial charge on any atom is -0.395 e. The van der Waals surface area contributed by atoms with Gasteiger partial charge < -0.3 is 25.6 Å². The highest BCUT2D eigenvalue weighted by molar-refractivity contribution is 5.17. The third-order valence-corrected chi connectivity index (χ3v) is 4.52. The fourth-order valence-electron chi connectivity index (χ4n) is 2.99. The highest BCUT2D eigenvalue weighted by Crippen LogP contribution is 2.16. The van der Waals surface area contributed by atoms with Gasteiger partial charge in [-0.3, -0.25) is 0 Å². The van der Waals surface area contributed by atoms with E-state index in [0.717, 1.165) is 11.1 Å². The van der Waals surface area contributed by atoms with E-state index in [2.05, 4.69) is 0 Å². The molecule has 0 radical (unpaired) electrons. The summed E-state index contributed by atoms with van der Waals surface area (Å²) in [6.07, 6.45) is -1.66. The quantitative estimate of drug-likeness (QED) is 0.397. The van der Waals surface area contributed by atoms with Gasteiger partial charge in [-0.05, 0) is 11.1 Å². The van der Waals surface area contributed by atoms with Crippen molar-refractivity contribution < 1.29 is 25.6 Å². The Morgan fingerprint density at radius 3 is 1.31 bits per heavy atom. The number of nitrogens with zero attached hydrogens (tertiary/aromatic N) is 1. The molecule has 0 aromatic heterocycles. The molecule has 0 aliphatic heterocycles. The van der Waals surface area contributed by atoms with Gasteiger partial charge in [-0.2, -0.15) is 5.06 Å². The number of hydroxylamine groups is 2. The Bertz CT molecular complexity index is 569. The smallest absolute Gasteiger partial charge is 0.0848 e. The molecule has 0 aliphatic carbocycles. The number of aliphatic hydroxyl groups excluding tert-OH is 4. The fraction of sp³-hybridized carbons (Fsp3) is 0.400. The van der Waals surface area contributed by atoms with Crippen LogP contribution in [-0.2, 0) is 12.8 Å². The van der Waals surface area contributed by atoms with Crippen molar-refractivity contribution in [3.63, 3.8) is 0 Å². The van der Waals surface area contributed by atoms with E-state index < -0.39 is 37.5 Å². The van der Waals surface area contributed by atoms with Crippen molar-refractivity contribution in [2.75, 3.05) is 13.2 Å². The molecule has 2 aromatic rings. The summed E-state index contributed by atoms with van der Waals surface area (Å²) in [5.74, 6) is 0. The van der Waals surface area contributed by atoms with Crippen molar-refractivity contribution in [3.05, 3.63) is 71.8 Å². The van der Waals surface area contributed by atoms with Gasteiger partial charge in [0, 0.05) is 12.8 Å². The molecule has 4 unspecified atom stereocenters. The predicted octanol–water partition coefficient (Wildman–Crippen LogP) is 0.607. The Morgan fingerprint density at radius 2 is 1.00 bits per heavy atom. The molecule has 0 bridgehead atoms. The first-order valence-electron chi connectivity index (χ1n) is 8.69. The van der Waals surface area contributed by atoms with E-state index in [-0.39, 0.29) is 12.8 Å². The lowest BCUT2D eigenvalue weighted by Crippen LogP contribution is -2.55. The van der Waals surface area contributed by atoms with Crippen LogP contribution in [-0.4, -0.2) is 68.2 Å². The summed E-state index contributed by atoms with van der Waals surface area (Å²) in [7, 11) is 0. The Kier molecular flexibility index (Phi) is 8.18. The second kappa shape index (κ2) is 10.4. The minimum atomic E-state index is -1.06. The van der Waals surface area contributed by atoms with Crippen LogP contribution in [0.5, 0.6) is 0 Å². The van der Waals surface area contributed by atoms with E-state index in [1.165, 1.54) is 0 Å². The summed E-state index contributed by atoms with van der Waals surface area (Å²) in [5.41, 5.74) is 1.72. The Balaban J connectivity index is 2.04. The standard InChI is InChI=1S/C20H27NO5/c22-13-17(19(24)11-15-7-3-1-4-8-15)21(26)18(14-23)20(25)12-16-9-5-2-6-10-16/h1-10,17-20,22-26H,11-14H2. The number of hydrogen-bond donors (Lipinski definition) is 5. The molecule has 6 heteroatoms. The van der Waals surface area contributed by atoms with Gasteiger partial charge in [0.1, 0.15) is 0 Å². The average molecular weight is 361 g/mol. The van der Waals surface area contributed by atoms with Gasteiger partial charge >= 0.3 is 0 Å². The largest absolute Gasteiger partial charge is 0.395 e. The van der Waals surface area contributed by atoms with Gasteiger partial charge in [0.2, 0.25) is 0 Å². The van der Waals surface area contributed by atoms with Crippen LogP contribution in [0.4, 0.5) is 0 Å². The lowest BCUT2D eigenvalue weighted by atomic mass is 9.98. The summed E-state index contributed by atoms with van der Waals surface area (Å²) in [6.45, 7) is -1.03. The molecule has 5 N–H and O–H groups in total. The molecular weight excluding hydrogens is 334 g/mol. The summed E-state index contributed by atoms with van der Waals surface area (Å²) < 4.78 is 0. The van der Waals surface area contributed by atoms with Crippen molar-refractivity contribution in [2.24, 2.45) is 0 Å². The third kappa shape index (κ3) is 5.60. The number of hydrogen-bond acceptors (Lipinski definition) is 6. The molecule has 26 heavy (non-hydrogen) atoms. The van der Waals surface area contributed by atoms with Gasteiger partial charge in [0.05, 0.1) is 37.5 Å². The van der Waals surface area contributed by atoms with Crippen LogP contribution >= 0.6 is 0 Å². The van der Waals surface area contributed by atoms with Crippen molar-refractivity contribution in [1.82, 2.24) is 5.06 Å². The molecule has 0 saturated carbocycles. The van der Waals surface area contributed by atoms with Crippen LogP contribution in [0, 0.1) is 0 Å². The molecule has 0 aliphatic rings. The molecular formula is C20H27NO5. The Morgan fingerprint density at radius 1 is 0.654 bits per heavy atom. The van der Waals surface area contributed by atoms with Gasteiger partial charge in [-0.1, -0.05) is 60.7 Å². The maximum absolute atomic E-state index is 10.5. The summed E-state index contributed by atoms with van der Waals surface area (Å²) >= 11 is 0. The molecule has 6 nitrogen and oxygen atoms in total. The summed E-state index contributed by atoms with van der Waals surface area (Å²) in [6, 6.07) is 16.4. The molecule has 2 rings (SSSR count). The van der Waals surface area contributed by atoms with Crippen LogP contribution in [0.1, 0.15) is 11.1 Å². The van der Waals surface area contributed by atoms with E-state index in [9.17, 15) is 25.6 Å². The lowest BCUT2D eigenvalue weighted by Gasteiger charge is -2.36. The molecule has 0 saturated heterocycles. The van der Waals surface area contributed by atoms with Crippen molar-refractivity contribution in [1.29, 1.82) is 0 Å². The second-order valence-electron chi connectivity index (χ2n) is 6.39. The number of benzene rings is 2. The SMILES string of the molecule is OCC(C(O)Cc1ccccc1)N(O)C(CO)C(O)Cc1ccccc1. The maximum atomic E-state index is 10.5. The Labute approximate surface area is 153 Å². The highest BCUT2D eigenvalue weighted by atomic mass is 16.5. The molecule has 0 spiro atoms. The topological polar surface area (TPSA) is 104 Å². The monoisotopic (exact) mass is 361 g/mol. The van der Waals surface area contributed by atoms with E-state index in [1.807, 2.05) is 60.7 Å². The second-order valence-corrected chi connectivity index (χ2v) is 6.39. The molecule has 2 aromatic carbocycles. The van der Waals surface area contributed by atoms with Crippen LogP contribution in [0.25, 0.3) is 0 Å². The zero-order chi connectivity index (χ0) is 18.9. The molecule has 142 valence electrons. The average Bonchev–Trinajstić information content (AvgIpc) is 2.64.